The van der Waals surface area contributed by atoms with E-state index in [1.54, 1.807) is 22.7 Å². The van der Waals surface area contributed by atoms with E-state index in [0.717, 1.165) is 68.9 Å². The summed E-state index contributed by atoms with van der Waals surface area (Å²) in [6, 6.07) is 61.9. The van der Waals surface area contributed by atoms with Crippen molar-refractivity contribution in [3.8, 4) is 41.8 Å². The third kappa shape index (κ3) is 10.8. The molecule has 0 saturated heterocycles. The standard InChI is InChI=1S/C78H80O2S4/c1-5-9-13-17-25-53-29-21-33-59(45-53)77(60-34-22-30-54(46-60)26-18-14-10-6-2)67-49-57(69-43-39-63(51-79)81-69)37-41-65(67)73-71(77)75-76(83-73)72-74(84-75)66-42-38-58(70-44-40-64(52-80)82-70)50-68(66)78(72,61-35-23-31-55(47-61)27-19-15-11-7-3)62-36-24-32-56(48-62)28-20-16-12-8-4/h21-24,29-52H,5-20,25-28H2,1-4H3. The first-order valence-electron chi connectivity index (χ1n) is 31.8. The molecule has 4 heterocycles. The molecule has 12 rings (SSSR count). The van der Waals surface area contributed by atoms with Gasteiger partial charge in [0, 0.05) is 30.6 Å². The molecule has 0 N–H and O–H groups in total. The fraction of sp³-hybridized carbons (Fsp3) is 0.333. The average molecular weight is 1180 g/mol. The Labute approximate surface area is 516 Å². The lowest BCUT2D eigenvalue weighted by molar-refractivity contribution is 0.111. The molecule has 2 aliphatic rings. The highest BCUT2D eigenvalue weighted by molar-refractivity contribution is 7.32. The molecule has 0 atom stereocenters. The van der Waals surface area contributed by atoms with Crippen molar-refractivity contribution in [3.05, 3.63) is 234 Å². The number of carbonyl (C=O) groups excluding carboxylic acids is 2. The zero-order chi connectivity index (χ0) is 57.6. The van der Waals surface area contributed by atoms with Crippen molar-refractivity contribution in [1.82, 2.24) is 0 Å². The van der Waals surface area contributed by atoms with E-state index in [9.17, 15) is 9.59 Å². The van der Waals surface area contributed by atoms with Crippen LogP contribution in [0.5, 0.6) is 0 Å². The van der Waals surface area contributed by atoms with E-state index >= 15 is 0 Å². The molecule has 0 bridgehead atoms. The lowest BCUT2D eigenvalue weighted by Crippen LogP contribution is -2.29. The number of thiophene rings is 4. The van der Waals surface area contributed by atoms with Gasteiger partial charge in [-0.15, -0.1) is 45.3 Å². The number of aldehydes is 2. The number of carbonyl (C=O) groups is 2. The predicted molar refractivity (Wildman–Crippen MR) is 363 cm³/mol. The van der Waals surface area contributed by atoms with Gasteiger partial charge in [0.1, 0.15) is 0 Å². The highest BCUT2D eigenvalue weighted by Gasteiger charge is 2.54. The summed E-state index contributed by atoms with van der Waals surface area (Å²) in [6.45, 7) is 9.22. The smallest absolute Gasteiger partial charge is 0.160 e. The summed E-state index contributed by atoms with van der Waals surface area (Å²) >= 11 is 7.24. The Balaban J connectivity index is 1.18. The van der Waals surface area contributed by atoms with E-state index in [1.807, 2.05) is 34.8 Å². The molecule has 0 saturated carbocycles. The third-order valence-corrected chi connectivity index (χ3v) is 23.1. The first-order chi connectivity index (χ1) is 41.4. The second kappa shape index (κ2) is 26.1. The molecule has 10 aromatic rings. The maximum absolute atomic E-state index is 12.3. The monoisotopic (exact) mass is 1180 g/mol. The van der Waals surface area contributed by atoms with Crippen molar-refractivity contribution in [3.63, 3.8) is 0 Å². The van der Waals surface area contributed by atoms with Crippen LogP contribution in [0.25, 0.3) is 51.2 Å². The number of benzene rings is 6. The number of rotatable bonds is 28. The minimum Gasteiger partial charge on any atom is -0.297 e. The van der Waals surface area contributed by atoms with Crippen molar-refractivity contribution >= 4 is 67.3 Å². The molecule has 0 amide bonds. The van der Waals surface area contributed by atoms with Gasteiger partial charge in [-0.1, -0.05) is 226 Å². The van der Waals surface area contributed by atoms with Crippen LogP contribution in [0.1, 0.15) is 217 Å². The van der Waals surface area contributed by atoms with Crippen molar-refractivity contribution in [1.29, 1.82) is 0 Å². The Morgan fingerprint density at radius 3 is 0.976 bits per heavy atom. The molecular weight excluding hydrogens is 1100 g/mol. The van der Waals surface area contributed by atoms with Gasteiger partial charge in [-0.3, -0.25) is 9.59 Å². The normalized spacial score (nSPS) is 13.5. The van der Waals surface area contributed by atoms with E-state index < -0.39 is 10.8 Å². The number of hydrogen-bond acceptors (Lipinski definition) is 6. The minimum absolute atomic E-state index is 0.650. The molecule has 6 heteroatoms. The van der Waals surface area contributed by atoms with Gasteiger partial charge < -0.3 is 0 Å². The highest BCUT2D eigenvalue weighted by Crippen LogP contribution is 2.69. The summed E-state index contributed by atoms with van der Waals surface area (Å²) in [6.07, 6.45) is 25.7. The Morgan fingerprint density at radius 1 is 0.345 bits per heavy atom. The molecule has 0 spiro atoms. The van der Waals surface area contributed by atoms with Crippen LogP contribution in [-0.2, 0) is 36.5 Å². The number of unbranched alkanes of at least 4 members (excludes halogenated alkanes) is 12. The minimum atomic E-state index is -0.650. The first kappa shape index (κ1) is 58.1. The maximum Gasteiger partial charge on any atom is 0.160 e. The molecular formula is C78H80O2S4. The topological polar surface area (TPSA) is 34.1 Å². The molecule has 84 heavy (non-hydrogen) atoms. The highest BCUT2D eigenvalue weighted by atomic mass is 32.1. The van der Waals surface area contributed by atoms with Crippen LogP contribution >= 0.6 is 45.3 Å². The summed E-state index contributed by atoms with van der Waals surface area (Å²) in [4.78, 5) is 31.0. The number of aryl methyl sites for hydroxylation is 4. The lowest BCUT2D eigenvalue weighted by atomic mass is 9.66. The van der Waals surface area contributed by atoms with Crippen molar-refractivity contribution in [2.45, 2.75) is 167 Å². The van der Waals surface area contributed by atoms with E-state index in [0.29, 0.717) is 0 Å². The van der Waals surface area contributed by atoms with Crippen LogP contribution < -0.4 is 0 Å². The van der Waals surface area contributed by atoms with Gasteiger partial charge in [-0.25, -0.2) is 0 Å². The Bertz CT molecular complexity index is 3580. The molecule has 6 aromatic carbocycles. The van der Waals surface area contributed by atoms with Gasteiger partial charge in [-0.2, -0.15) is 0 Å². The fourth-order valence-electron chi connectivity index (χ4n) is 14.2. The summed E-state index contributed by atoms with van der Waals surface area (Å²) < 4.78 is 2.77. The molecule has 0 unspecified atom stereocenters. The molecule has 0 fully saturated rings. The zero-order valence-electron chi connectivity index (χ0n) is 49.8. The van der Waals surface area contributed by atoms with Crippen LogP contribution in [0.3, 0.4) is 0 Å². The van der Waals surface area contributed by atoms with Gasteiger partial charge in [-0.05, 0) is 166 Å². The van der Waals surface area contributed by atoms with E-state index in [1.165, 1.54) is 200 Å². The second-order valence-corrected chi connectivity index (χ2v) is 28.2. The summed E-state index contributed by atoms with van der Waals surface area (Å²) in [5.74, 6) is 0. The van der Waals surface area contributed by atoms with Crippen LogP contribution in [-0.4, -0.2) is 12.6 Å². The Morgan fingerprint density at radius 2 is 0.679 bits per heavy atom. The largest absolute Gasteiger partial charge is 0.297 e. The van der Waals surface area contributed by atoms with Gasteiger partial charge >= 0.3 is 0 Å². The lowest BCUT2D eigenvalue weighted by Gasteiger charge is -2.35. The van der Waals surface area contributed by atoms with Crippen molar-refractivity contribution in [2.75, 3.05) is 0 Å². The predicted octanol–water partition coefficient (Wildman–Crippen LogP) is 23.3. The van der Waals surface area contributed by atoms with Gasteiger partial charge in [0.15, 0.2) is 12.6 Å². The van der Waals surface area contributed by atoms with Crippen molar-refractivity contribution < 1.29 is 9.59 Å². The average Bonchev–Trinajstić information content (AvgIpc) is 1.53. The first-order valence-corrected chi connectivity index (χ1v) is 35.0. The maximum atomic E-state index is 12.3. The van der Waals surface area contributed by atoms with Crippen LogP contribution in [0.2, 0.25) is 0 Å². The van der Waals surface area contributed by atoms with Gasteiger partial charge in [0.25, 0.3) is 0 Å². The van der Waals surface area contributed by atoms with E-state index in [2.05, 4.69) is 173 Å². The number of hydrogen-bond donors (Lipinski definition) is 0. The van der Waals surface area contributed by atoms with Crippen LogP contribution in [0, 0.1) is 0 Å². The summed E-state index contributed by atoms with van der Waals surface area (Å²) in [5, 5.41) is 0. The molecule has 428 valence electrons. The third-order valence-electron chi connectivity index (χ3n) is 18.4. The molecule has 2 aliphatic carbocycles. The summed E-state index contributed by atoms with van der Waals surface area (Å²) in [5.41, 5.74) is 20.0. The van der Waals surface area contributed by atoms with E-state index in [4.69, 9.17) is 0 Å². The molecule has 0 aliphatic heterocycles. The molecule has 2 nitrogen and oxygen atoms in total. The Kier molecular flexibility index (Phi) is 18.1. The van der Waals surface area contributed by atoms with Crippen LogP contribution in [0.15, 0.2) is 158 Å². The Hall–Kier alpha value is -6.28. The SMILES string of the molecule is CCCCCCc1cccc(C2(c3cccc(CCCCCC)c3)c3cc(-c4ccc(C=O)s4)ccc3-c3sc4c5c(sc4c32)-c2ccc(-c3ccc(C=O)s3)cc2C5(c2cccc(CCCCCC)c2)c2cccc(CCCCCC)c2)c1. The quantitative estimate of drug-likeness (QED) is 0.0362. The summed E-state index contributed by atoms with van der Waals surface area (Å²) in [7, 11) is 0. The second-order valence-electron chi connectivity index (χ2n) is 24.0. The fourth-order valence-corrected chi connectivity index (χ4v) is 19.0. The van der Waals surface area contributed by atoms with Gasteiger partial charge in [0.05, 0.1) is 30.0 Å². The van der Waals surface area contributed by atoms with E-state index in [-0.39, 0.29) is 0 Å². The zero-order valence-corrected chi connectivity index (χ0v) is 53.0. The van der Waals surface area contributed by atoms with Gasteiger partial charge in [0.2, 0.25) is 0 Å². The van der Waals surface area contributed by atoms with Crippen molar-refractivity contribution in [2.24, 2.45) is 0 Å². The number of fused-ring (bicyclic) bond motifs is 9. The van der Waals surface area contributed by atoms with Crippen LogP contribution in [0.4, 0.5) is 0 Å². The molecule has 4 aromatic heterocycles. The molecule has 0 radical (unpaired) electrons.